The van der Waals surface area contributed by atoms with Crippen LogP contribution in [0.1, 0.15) is 28.4 Å². The number of guanidine groups is 1. The predicted molar refractivity (Wildman–Crippen MR) is 85.0 cm³/mol. The lowest BCUT2D eigenvalue weighted by molar-refractivity contribution is 0.550. The van der Waals surface area contributed by atoms with Gasteiger partial charge in [-0.15, -0.1) is 11.3 Å². The van der Waals surface area contributed by atoms with Crippen molar-refractivity contribution in [2.45, 2.75) is 26.4 Å². The highest BCUT2D eigenvalue weighted by molar-refractivity contribution is 7.11. The second-order valence-corrected chi connectivity index (χ2v) is 6.14. The van der Waals surface area contributed by atoms with Gasteiger partial charge < -0.3 is 10.6 Å². The quantitative estimate of drug-likeness (QED) is 0.671. The third kappa shape index (κ3) is 4.24. The van der Waals surface area contributed by atoms with Crippen LogP contribution in [0.5, 0.6) is 0 Å². The summed E-state index contributed by atoms with van der Waals surface area (Å²) in [5.74, 6) is -0.634. The first-order chi connectivity index (χ1) is 10.5. The number of aryl methyl sites for hydroxylation is 1. The Labute approximate surface area is 132 Å². The highest BCUT2D eigenvalue weighted by atomic mass is 32.1. The highest BCUT2D eigenvalue weighted by Gasteiger charge is 2.13. The Balaban J connectivity index is 1.97. The summed E-state index contributed by atoms with van der Waals surface area (Å²) in [6, 6.07) is 3.21. The van der Waals surface area contributed by atoms with E-state index in [-0.39, 0.29) is 6.04 Å². The van der Waals surface area contributed by atoms with Crippen LogP contribution in [0.4, 0.5) is 8.78 Å². The van der Waals surface area contributed by atoms with E-state index in [0.717, 1.165) is 16.0 Å². The molecule has 1 heterocycles. The summed E-state index contributed by atoms with van der Waals surface area (Å²) in [6.07, 6.45) is 1.81. The molecule has 1 atom stereocenters. The number of benzene rings is 1. The first-order valence-electron chi connectivity index (χ1n) is 6.83. The molecule has 0 amide bonds. The number of nitrogens with one attached hydrogen (secondary N) is 2. The van der Waals surface area contributed by atoms with Gasteiger partial charge in [0.1, 0.15) is 16.6 Å². The summed E-state index contributed by atoms with van der Waals surface area (Å²) >= 11 is 1.60. The molecule has 1 unspecified atom stereocenters. The van der Waals surface area contributed by atoms with Crippen molar-refractivity contribution in [3.05, 3.63) is 51.5 Å². The standard InChI is InChI=1S/C15H18F2N4S/c1-9-7-19-14(22-9)8-20-15(18-3)21-10(2)12-5-4-11(16)6-13(12)17/h4-7,10H,8H2,1-3H3,(H2,18,20,21). The number of hydrogen-bond donors (Lipinski definition) is 2. The largest absolute Gasteiger partial charge is 0.350 e. The summed E-state index contributed by atoms with van der Waals surface area (Å²) in [7, 11) is 1.64. The van der Waals surface area contributed by atoms with E-state index in [2.05, 4.69) is 20.6 Å². The SMILES string of the molecule is CN=C(NCc1ncc(C)s1)NC(C)c1ccc(F)cc1F. The van der Waals surface area contributed by atoms with Gasteiger partial charge in [-0.1, -0.05) is 6.07 Å². The van der Waals surface area contributed by atoms with E-state index >= 15 is 0 Å². The lowest BCUT2D eigenvalue weighted by atomic mass is 10.1. The number of rotatable bonds is 4. The number of hydrogen-bond acceptors (Lipinski definition) is 3. The van der Waals surface area contributed by atoms with Crippen LogP contribution in [-0.2, 0) is 6.54 Å². The number of thiazole rings is 1. The van der Waals surface area contributed by atoms with Crippen LogP contribution in [0.2, 0.25) is 0 Å². The van der Waals surface area contributed by atoms with Crippen molar-refractivity contribution < 1.29 is 8.78 Å². The minimum atomic E-state index is -0.588. The predicted octanol–water partition coefficient (Wildman–Crippen LogP) is 3.16. The maximum Gasteiger partial charge on any atom is 0.191 e. The van der Waals surface area contributed by atoms with Gasteiger partial charge in [-0.3, -0.25) is 4.99 Å². The molecule has 0 bridgehead atoms. The van der Waals surface area contributed by atoms with Gasteiger partial charge in [-0.05, 0) is 19.9 Å². The molecule has 0 aliphatic carbocycles. The van der Waals surface area contributed by atoms with E-state index < -0.39 is 11.6 Å². The zero-order chi connectivity index (χ0) is 16.1. The molecule has 118 valence electrons. The molecule has 0 aliphatic heterocycles. The Kier molecular flexibility index (Phi) is 5.43. The van der Waals surface area contributed by atoms with Crippen molar-refractivity contribution in [3.8, 4) is 0 Å². The van der Waals surface area contributed by atoms with Crippen LogP contribution in [0.25, 0.3) is 0 Å². The van der Waals surface area contributed by atoms with Gasteiger partial charge in [-0.2, -0.15) is 0 Å². The van der Waals surface area contributed by atoms with Gasteiger partial charge >= 0.3 is 0 Å². The van der Waals surface area contributed by atoms with Crippen LogP contribution < -0.4 is 10.6 Å². The Morgan fingerprint density at radius 2 is 2.18 bits per heavy atom. The molecule has 4 nitrogen and oxygen atoms in total. The smallest absolute Gasteiger partial charge is 0.191 e. The molecule has 0 fully saturated rings. The Hall–Kier alpha value is -2.02. The van der Waals surface area contributed by atoms with E-state index in [4.69, 9.17) is 0 Å². The van der Waals surface area contributed by atoms with Gasteiger partial charge in [0, 0.05) is 29.8 Å². The fourth-order valence-electron chi connectivity index (χ4n) is 1.97. The van der Waals surface area contributed by atoms with Gasteiger partial charge in [0.15, 0.2) is 5.96 Å². The first kappa shape index (κ1) is 16.4. The van der Waals surface area contributed by atoms with E-state index in [1.165, 1.54) is 12.1 Å². The van der Waals surface area contributed by atoms with Crippen molar-refractivity contribution >= 4 is 17.3 Å². The van der Waals surface area contributed by atoms with E-state index in [1.54, 1.807) is 25.3 Å². The maximum absolute atomic E-state index is 13.8. The summed E-state index contributed by atoms with van der Waals surface area (Å²) in [4.78, 5) is 9.49. The van der Waals surface area contributed by atoms with Gasteiger partial charge in [0.2, 0.25) is 0 Å². The normalized spacial score (nSPS) is 13.0. The molecule has 7 heteroatoms. The minimum absolute atomic E-state index is 0.343. The van der Waals surface area contributed by atoms with Gasteiger partial charge in [-0.25, -0.2) is 13.8 Å². The number of aromatic nitrogens is 1. The zero-order valence-corrected chi connectivity index (χ0v) is 13.5. The first-order valence-corrected chi connectivity index (χ1v) is 7.64. The second-order valence-electron chi connectivity index (χ2n) is 4.82. The molecule has 0 saturated heterocycles. The van der Waals surface area contributed by atoms with Crippen LogP contribution in [0.3, 0.4) is 0 Å². The van der Waals surface area contributed by atoms with Crippen molar-refractivity contribution in [2.24, 2.45) is 4.99 Å². The highest BCUT2D eigenvalue weighted by Crippen LogP contribution is 2.17. The molecule has 2 N–H and O–H groups in total. The molecular formula is C15H18F2N4S. The summed E-state index contributed by atoms with van der Waals surface area (Å²) in [5, 5.41) is 7.14. The van der Waals surface area contributed by atoms with Crippen LogP contribution in [0.15, 0.2) is 29.4 Å². The molecule has 22 heavy (non-hydrogen) atoms. The molecule has 1 aromatic carbocycles. The monoisotopic (exact) mass is 324 g/mol. The maximum atomic E-state index is 13.8. The summed E-state index contributed by atoms with van der Waals surface area (Å²) in [5.41, 5.74) is 0.384. The molecular weight excluding hydrogens is 306 g/mol. The van der Waals surface area contributed by atoms with E-state index in [1.807, 2.05) is 13.1 Å². The topological polar surface area (TPSA) is 49.3 Å². The second kappa shape index (κ2) is 7.31. The van der Waals surface area contributed by atoms with Crippen molar-refractivity contribution in [2.75, 3.05) is 7.05 Å². The van der Waals surface area contributed by atoms with Crippen molar-refractivity contribution in [3.63, 3.8) is 0 Å². The van der Waals surface area contributed by atoms with Gasteiger partial charge in [0.05, 0.1) is 12.6 Å². The molecule has 1 aromatic heterocycles. The van der Waals surface area contributed by atoms with E-state index in [0.29, 0.717) is 18.1 Å². The molecule has 2 aromatic rings. The van der Waals surface area contributed by atoms with E-state index in [9.17, 15) is 8.78 Å². The molecule has 0 saturated carbocycles. The zero-order valence-electron chi connectivity index (χ0n) is 12.7. The molecule has 0 radical (unpaired) electrons. The molecule has 0 aliphatic rings. The Morgan fingerprint density at radius 1 is 1.41 bits per heavy atom. The summed E-state index contributed by atoms with van der Waals surface area (Å²) < 4.78 is 26.7. The Morgan fingerprint density at radius 3 is 2.77 bits per heavy atom. The summed E-state index contributed by atoms with van der Waals surface area (Å²) in [6.45, 7) is 4.32. The van der Waals surface area contributed by atoms with Crippen LogP contribution in [-0.4, -0.2) is 18.0 Å². The fraction of sp³-hybridized carbons (Fsp3) is 0.333. The van der Waals surface area contributed by atoms with Crippen LogP contribution in [0, 0.1) is 18.6 Å². The lowest BCUT2D eigenvalue weighted by Gasteiger charge is -2.18. The number of aliphatic imine (C=N–C) groups is 1. The minimum Gasteiger partial charge on any atom is -0.350 e. The van der Waals surface area contributed by atoms with Crippen LogP contribution >= 0.6 is 11.3 Å². The average Bonchev–Trinajstić information content (AvgIpc) is 2.88. The van der Waals surface area contributed by atoms with Crippen molar-refractivity contribution in [1.82, 2.24) is 15.6 Å². The number of halogens is 2. The van der Waals surface area contributed by atoms with Crippen molar-refractivity contribution in [1.29, 1.82) is 0 Å². The molecule has 2 rings (SSSR count). The molecule has 0 spiro atoms. The lowest BCUT2D eigenvalue weighted by Crippen LogP contribution is -2.38. The van der Waals surface area contributed by atoms with Gasteiger partial charge in [0.25, 0.3) is 0 Å². The number of nitrogens with zero attached hydrogens (tertiary/aromatic N) is 2. The average molecular weight is 324 g/mol. The third-order valence-corrected chi connectivity index (χ3v) is 3.99. The Bertz CT molecular complexity index is 669. The third-order valence-electron chi connectivity index (χ3n) is 3.08. The fourth-order valence-corrected chi connectivity index (χ4v) is 2.70.